The number of likely N-dealkylation sites (N-methyl/N-ethyl adjacent to an activating group) is 1. The fourth-order valence-electron chi connectivity index (χ4n) is 8.79. The molecule has 0 saturated carbocycles. The molecule has 0 aliphatic carbocycles. The van der Waals surface area contributed by atoms with Crippen molar-refractivity contribution in [2.45, 2.75) is 289 Å². The van der Waals surface area contributed by atoms with Crippen LogP contribution >= 0.6 is 7.82 Å². The van der Waals surface area contributed by atoms with Crippen molar-refractivity contribution >= 4 is 13.7 Å². The highest BCUT2D eigenvalue weighted by molar-refractivity contribution is 7.47. The van der Waals surface area contributed by atoms with Gasteiger partial charge in [0.15, 0.2) is 0 Å². The van der Waals surface area contributed by atoms with Gasteiger partial charge in [-0.25, -0.2) is 4.57 Å². The largest absolute Gasteiger partial charge is 0.472 e. The third kappa shape index (κ3) is 57.5. The molecule has 426 valence electrons. The highest BCUT2D eigenvalue weighted by Gasteiger charge is 2.27. The Bertz CT molecular complexity index is 1420. The van der Waals surface area contributed by atoms with E-state index in [-0.39, 0.29) is 19.1 Å². The Balaban J connectivity index is 4.25. The molecule has 73 heavy (non-hydrogen) atoms. The summed E-state index contributed by atoms with van der Waals surface area (Å²) < 4.78 is 23.7. The first-order valence-electron chi connectivity index (χ1n) is 30.8. The molecule has 9 heteroatoms. The number of nitrogens with one attached hydrogen (secondary N) is 1. The van der Waals surface area contributed by atoms with Crippen LogP contribution in [0.2, 0.25) is 0 Å². The molecule has 0 heterocycles. The van der Waals surface area contributed by atoms with Crippen molar-refractivity contribution in [1.29, 1.82) is 0 Å². The van der Waals surface area contributed by atoms with Crippen molar-refractivity contribution in [3.05, 3.63) is 72.9 Å². The van der Waals surface area contributed by atoms with Crippen molar-refractivity contribution in [3.8, 4) is 0 Å². The second kappa shape index (κ2) is 54.7. The van der Waals surface area contributed by atoms with Crippen molar-refractivity contribution < 1.29 is 32.9 Å². The van der Waals surface area contributed by atoms with Crippen LogP contribution in [0.3, 0.4) is 0 Å². The molecule has 8 nitrogen and oxygen atoms in total. The molecule has 0 aromatic carbocycles. The second-order valence-corrected chi connectivity index (χ2v) is 23.5. The first-order chi connectivity index (χ1) is 35.5. The number of quaternary nitrogens is 1. The highest BCUT2D eigenvalue weighted by atomic mass is 31.2. The molecule has 0 spiro atoms. The number of phosphoric acid groups is 1. The van der Waals surface area contributed by atoms with Crippen LogP contribution in [0.25, 0.3) is 0 Å². The van der Waals surface area contributed by atoms with Crippen molar-refractivity contribution in [1.82, 2.24) is 5.32 Å². The summed E-state index contributed by atoms with van der Waals surface area (Å²) in [7, 11) is 1.54. The summed E-state index contributed by atoms with van der Waals surface area (Å²) in [6.07, 6.45) is 75.9. The van der Waals surface area contributed by atoms with E-state index in [9.17, 15) is 19.4 Å². The summed E-state index contributed by atoms with van der Waals surface area (Å²) in [4.78, 5) is 23.3. The number of phosphoric ester groups is 1. The van der Waals surface area contributed by atoms with E-state index in [0.29, 0.717) is 17.4 Å². The van der Waals surface area contributed by atoms with Gasteiger partial charge in [-0.2, -0.15) is 0 Å². The zero-order chi connectivity index (χ0) is 53.5. The summed E-state index contributed by atoms with van der Waals surface area (Å²) in [5.74, 6) is -0.193. The summed E-state index contributed by atoms with van der Waals surface area (Å²) in [5, 5.41) is 13.9. The van der Waals surface area contributed by atoms with E-state index in [4.69, 9.17) is 9.05 Å². The lowest BCUT2D eigenvalue weighted by Gasteiger charge is -2.25. The quantitative estimate of drug-likeness (QED) is 0.0243. The number of carbonyl (C=O) groups is 1. The van der Waals surface area contributed by atoms with Crippen LogP contribution in [0, 0.1) is 0 Å². The Morgan fingerprint density at radius 1 is 0.466 bits per heavy atom. The molecule has 1 amide bonds. The first kappa shape index (κ1) is 70.9. The maximum Gasteiger partial charge on any atom is 0.472 e. The Morgan fingerprint density at radius 2 is 0.795 bits per heavy atom. The summed E-state index contributed by atoms with van der Waals surface area (Å²) in [6, 6.07) is -0.875. The molecule has 0 bridgehead atoms. The molecule has 0 fully saturated rings. The van der Waals surface area contributed by atoms with Crippen LogP contribution in [-0.2, 0) is 18.4 Å². The average molecular weight is 1040 g/mol. The van der Waals surface area contributed by atoms with Gasteiger partial charge in [0, 0.05) is 6.42 Å². The Hall–Kier alpha value is -2.06. The van der Waals surface area contributed by atoms with Crippen LogP contribution < -0.4 is 5.32 Å². The SMILES string of the molecule is CCCCCCC/C=C\C/C=C\C/C=C\CCCCCCCCCCCCCCC(=O)NC(COP(=O)(O)OCC[N+](C)(C)C)C(O)/C=C/CC/C=C/CC/C=C/CCCCCCCCCCCCCCCC. The van der Waals surface area contributed by atoms with E-state index in [1.165, 1.54) is 199 Å². The van der Waals surface area contributed by atoms with E-state index in [1.807, 2.05) is 27.2 Å². The molecule has 0 saturated heterocycles. The summed E-state index contributed by atoms with van der Waals surface area (Å²) in [5.41, 5.74) is 0. The number of hydrogen-bond donors (Lipinski definition) is 3. The molecular formula is C64H120N2O6P+. The van der Waals surface area contributed by atoms with Gasteiger partial charge < -0.3 is 19.8 Å². The van der Waals surface area contributed by atoms with Crippen molar-refractivity contribution in [2.24, 2.45) is 0 Å². The van der Waals surface area contributed by atoms with E-state index < -0.39 is 20.0 Å². The van der Waals surface area contributed by atoms with Gasteiger partial charge in [-0.1, -0.05) is 260 Å². The average Bonchev–Trinajstić information content (AvgIpc) is 3.35. The first-order valence-corrected chi connectivity index (χ1v) is 32.3. The van der Waals surface area contributed by atoms with E-state index >= 15 is 0 Å². The number of rotatable bonds is 56. The van der Waals surface area contributed by atoms with E-state index in [0.717, 1.165) is 57.8 Å². The maximum absolute atomic E-state index is 13.0. The number of allylic oxidation sites excluding steroid dienone is 11. The van der Waals surface area contributed by atoms with Crippen LogP contribution in [-0.4, -0.2) is 73.4 Å². The minimum absolute atomic E-state index is 0.0509. The lowest BCUT2D eigenvalue weighted by atomic mass is 10.0. The molecule has 3 atom stereocenters. The van der Waals surface area contributed by atoms with Gasteiger partial charge in [0.2, 0.25) is 5.91 Å². The topological polar surface area (TPSA) is 105 Å². The van der Waals surface area contributed by atoms with Gasteiger partial charge in [0.05, 0.1) is 39.9 Å². The number of amides is 1. The molecule has 3 unspecified atom stereocenters. The predicted octanol–water partition coefficient (Wildman–Crippen LogP) is 19.0. The minimum Gasteiger partial charge on any atom is -0.387 e. The van der Waals surface area contributed by atoms with Crippen LogP contribution in [0.4, 0.5) is 0 Å². The fraction of sp³-hybridized carbons (Fsp3) is 0.797. The molecule has 3 N–H and O–H groups in total. The highest BCUT2D eigenvalue weighted by Crippen LogP contribution is 2.43. The van der Waals surface area contributed by atoms with E-state index in [2.05, 4.69) is 79.9 Å². The van der Waals surface area contributed by atoms with Gasteiger partial charge in [0.25, 0.3) is 0 Å². The standard InChI is InChI=1S/C64H119N2O6P/c1-6-8-10-12-14-16-18-20-22-24-26-28-30-32-33-34-36-38-40-42-44-46-48-50-52-54-56-58-64(68)65-62(61-72-73(69,70)71-60-59-66(3,4)5)63(67)57-55-53-51-49-47-45-43-41-39-37-35-31-29-27-25-23-21-19-17-15-13-11-9-7-2/h18,20,24,26,30,32,39,41,47,49,55,57,62-63,67H,6-17,19,21-23,25,27-29,31,33-38,40,42-46,48,50-54,56,58-61H2,1-5H3,(H-,65,68,69,70)/p+1/b20-18-,26-24-,32-30-,41-39+,49-47+,57-55+. The molecule has 0 aromatic heterocycles. The van der Waals surface area contributed by atoms with Crippen LogP contribution in [0.5, 0.6) is 0 Å². The number of hydrogen-bond acceptors (Lipinski definition) is 5. The Morgan fingerprint density at radius 3 is 1.19 bits per heavy atom. The number of aliphatic hydroxyl groups excluding tert-OH is 1. The van der Waals surface area contributed by atoms with Crippen LogP contribution in [0.1, 0.15) is 277 Å². The molecule has 0 rings (SSSR count). The molecule has 0 aromatic rings. The Kier molecular flexibility index (Phi) is 53.2. The molecular weight excluding hydrogens is 924 g/mol. The van der Waals surface area contributed by atoms with Crippen molar-refractivity contribution in [3.63, 3.8) is 0 Å². The van der Waals surface area contributed by atoms with Gasteiger partial charge in [-0.3, -0.25) is 13.8 Å². The normalized spacial score (nSPS) is 14.3. The zero-order valence-corrected chi connectivity index (χ0v) is 49.5. The number of carbonyl (C=O) groups excluding carboxylic acids is 1. The van der Waals surface area contributed by atoms with Gasteiger partial charge in [0.1, 0.15) is 13.2 Å². The second-order valence-electron chi connectivity index (χ2n) is 22.1. The molecule has 0 radical (unpaired) electrons. The lowest BCUT2D eigenvalue weighted by molar-refractivity contribution is -0.870. The van der Waals surface area contributed by atoms with Gasteiger partial charge in [-0.15, -0.1) is 0 Å². The predicted molar refractivity (Wildman–Crippen MR) is 318 cm³/mol. The third-order valence-corrected chi connectivity index (χ3v) is 14.6. The Labute approximate surface area is 453 Å². The lowest BCUT2D eigenvalue weighted by Crippen LogP contribution is -2.45. The number of aliphatic hydroxyl groups is 1. The third-order valence-electron chi connectivity index (χ3n) is 13.6. The number of unbranched alkanes of at least 4 members (excludes halogenated alkanes) is 33. The maximum atomic E-state index is 13.0. The summed E-state index contributed by atoms with van der Waals surface area (Å²) in [6.45, 7) is 4.80. The molecule has 0 aliphatic rings. The monoisotopic (exact) mass is 1040 g/mol. The number of nitrogens with zero attached hydrogens (tertiary/aromatic N) is 1. The summed E-state index contributed by atoms with van der Waals surface area (Å²) >= 11 is 0. The minimum atomic E-state index is -4.37. The zero-order valence-electron chi connectivity index (χ0n) is 48.6. The van der Waals surface area contributed by atoms with Gasteiger partial charge in [-0.05, 0) is 83.5 Å². The van der Waals surface area contributed by atoms with Gasteiger partial charge >= 0.3 is 7.82 Å². The molecule has 0 aliphatic heterocycles. The fourth-order valence-corrected chi connectivity index (χ4v) is 9.52. The smallest absolute Gasteiger partial charge is 0.387 e. The van der Waals surface area contributed by atoms with Crippen LogP contribution in [0.15, 0.2) is 72.9 Å². The van der Waals surface area contributed by atoms with E-state index in [1.54, 1.807) is 6.08 Å². The van der Waals surface area contributed by atoms with Crippen molar-refractivity contribution in [2.75, 3.05) is 40.9 Å².